The molecule has 0 saturated carbocycles. The van der Waals surface area contributed by atoms with E-state index in [1.54, 1.807) is 25.7 Å². The molecule has 2 aliphatic heterocycles. The van der Waals surface area contributed by atoms with Crippen molar-refractivity contribution in [3.8, 4) is 5.75 Å². The van der Waals surface area contributed by atoms with E-state index in [4.69, 9.17) is 19.9 Å². The van der Waals surface area contributed by atoms with Gasteiger partial charge in [-0.15, -0.1) is 5.10 Å². The maximum atomic E-state index is 6.07. The van der Waals surface area contributed by atoms with E-state index in [0.717, 1.165) is 37.3 Å². The Labute approximate surface area is 169 Å². The van der Waals surface area contributed by atoms with Gasteiger partial charge in [0.2, 0.25) is 0 Å². The lowest BCUT2D eigenvalue weighted by Crippen LogP contribution is -2.45. The Morgan fingerprint density at radius 2 is 1.97 bits per heavy atom. The van der Waals surface area contributed by atoms with Gasteiger partial charge < -0.3 is 24.8 Å². The first kappa shape index (κ1) is 19.3. The molecular weight excluding hydrogens is 372 g/mol. The summed E-state index contributed by atoms with van der Waals surface area (Å²) >= 11 is 0. The Balaban J connectivity index is 1.44. The summed E-state index contributed by atoms with van der Waals surface area (Å²) in [7, 11) is 1.61. The van der Waals surface area contributed by atoms with Crippen LogP contribution in [0.2, 0.25) is 0 Å². The van der Waals surface area contributed by atoms with Crippen LogP contribution in [0.1, 0.15) is 24.1 Å². The summed E-state index contributed by atoms with van der Waals surface area (Å²) in [5.74, 6) is 1.24. The molecule has 1 aromatic carbocycles. The van der Waals surface area contributed by atoms with Crippen LogP contribution in [0.5, 0.6) is 5.75 Å². The minimum absolute atomic E-state index is 0.196. The van der Waals surface area contributed by atoms with E-state index in [2.05, 4.69) is 25.1 Å². The Kier molecular flexibility index (Phi) is 5.68. The number of amidine groups is 1. The van der Waals surface area contributed by atoms with E-state index in [0.29, 0.717) is 24.7 Å². The molecule has 9 heteroatoms. The van der Waals surface area contributed by atoms with Gasteiger partial charge in [0, 0.05) is 31.5 Å². The van der Waals surface area contributed by atoms with Crippen LogP contribution in [0, 0.1) is 0 Å². The predicted octanol–water partition coefficient (Wildman–Crippen LogP) is 1.57. The summed E-state index contributed by atoms with van der Waals surface area (Å²) in [5.41, 5.74) is 7.36. The number of nitrogens with two attached hydrogens (primary N) is 1. The lowest BCUT2D eigenvalue weighted by atomic mass is 10.0. The Bertz CT molecular complexity index is 901. The smallest absolute Gasteiger partial charge is 0.173 e. The quantitative estimate of drug-likeness (QED) is 0.464. The average molecular weight is 396 g/mol. The van der Waals surface area contributed by atoms with Crippen molar-refractivity contribution in [1.82, 2.24) is 9.97 Å². The molecule has 0 radical (unpaired) electrons. The normalized spacial score (nSPS) is 19.2. The van der Waals surface area contributed by atoms with Gasteiger partial charge in [0.05, 0.1) is 38.9 Å². The van der Waals surface area contributed by atoms with E-state index < -0.39 is 5.79 Å². The third-order valence-electron chi connectivity index (χ3n) is 5.05. The summed E-state index contributed by atoms with van der Waals surface area (Å²) in [5, 5.41) is 8.12. The van der Waals surface area contributed by atoms with Gasteiger partial charge in [-0.25, -0.2) is 4.98 Å². The second kappa shape index (κ2) is 8.54. The van der Waals surface area contributed by atoms with Crippen molar-refractivity contribution in [3.05, 3.63) is 47.9 Å². The SMILES string of the molecule is COc1ccccc1/C=N\N=C(\N)c1cncc(N2CCC3(CC2)OCCO3)n1. The molecule has 2 aromatic rings. The fraction of sp³-hybridized carbons (Fsp3) is 0.400. The lowest BCUT2D eigenvalue weighted by Gasteiger charge is -2.38. The maximum absolute atomic E-state index is 6.07. The highest BCUT2D eigenvalue weighted by atomic mass is 16.7. The molecule has 2 fully saturated rings. The van der Waals surface area contributed by atoms with E-state index in [1.807, 2.05) is 24.3 Å². The highest BCUT2D eigenvalue weighted by molar-refractivity contribution is 5.96. The zero-order valence-corrected chi connectivity index (χ0v) is 16.3. The van der Waals surface area contributed by atoms with Gasteiger partial charge in [-0.3, -0.25) is 4.98 Å². The summed E-state index contributed by atoms with van der Waals surface area (Å²) in [6.45, 7) is 2.89. The van der Waals surface area contributed by atoms with Crippen LogP contribution in [0.15, 0.2) is 46.9 Å². The van der Waals surface area contributed by atoms with Gasteiger partial charge in [-0.05, 0) is 12.1 Å². The van der Waals surface area contributed by atoms with Crippen LogP contribution in [0.25, 0.3) is 0 Å². The van der Waals surface area contributed by atoms with E-state index in [9.17, 15) is 0 Å². The van der Waals surface area contributed by atoms with Crippen molar-refractivity contribution < 1.29 is 14.2 Å². The molecule has 152 valence electrons. The van der Waals surface area contributed by atoms with Crippen molar-refractivity contribution in [1.29, 1.82) is 0 Å². The second-order valence-corrected chi connectivity index (χ2v) is 6.83. The zero-order chi connectivity index (χ0) is 20.1. The molecule has 0 bridgehead atoms. The monoisotopic (exact) mass is 396 g/mol. The van der Waals surface area contributed by atoms with Crippen LogP contribution < -0.4 is 15.4 Å². The number of methoxy groups -OCH3 is 1. The molecule has 2 aliphatic rings. The number of benzene rings is 1. The zero-order valence-electron chi connectivity index (χ0n) is 16.3. The largest absolute Gasteiger partial charge is 0.496 e. The summed E-state index contributed by atoms with van der Waals surface area (Å²) in [6.07, 6.45) is 6.49. The second-order valence-electron chi connectivity index (χ2n) is 6.83. The van der Waals surface area contributed by atoms with Gasteiger partial charge in [0.15, 0.2) is 11.6 Å². The first-order chi connectivity index (χ1) is 14.2. The summed E-state index contributed by atoms with van der Waals surface area (Å²) < 4.78 is 16.8. The van der Waals surface area contributed by atoms with Crippen molar-refractivity contribution in [2.45, 2.75) is 18.6 Å². The number of hydrogen-bond acceptors (Lipinski definition) is 8. The molecule has 9 nitrogen and oxygen atoms in total. The Morgan fingerprint density at radius 3 is 2.72 bits per heavy atom. The first-order valence-electron chi connectivity index (χ1n) is 9.54. The number of piperidine rings is 1. The van der Waals surface area contributed by atoms with E-state index in [-0.39, 0.29) is 5.84 Å². The fourth-order valence-electron chi connectivity index (χ4n) is 3.47. The van der Waals surface area contributed by atoms with Crippen molar-refractivity contribution in [2.75, 3.05) is 38.3 Å². The van der Waals surface area contributed by atoms with Gasteiger partial charge in [0.1, 0.15) is 17.3 Å². The van der Waals surface area contributed by atoms with Gasteiger partial charge in [0.25, 0.3) is 0 Å². The number of rotatable bonds is 5. The molecule has 1 aromatic heterocycles. The highest BCUT2D eigenvalue weighted by Crippen LogP contribution is 2.32. The number of anilines is 1. The molecule has 0 aliphatic carbocycles. The number of para-hydroxylation sites is 1. The minimum Gasteiger partial charge on any atom is -0.496 e. The number of hydrogen-bond donors (Lipinski definition) is 1. The topological polar surface area (TPSA) is 107 Å². The third kappa shape index (κ3) is 4.36. The summed E-state index contributed by atoms with van der Waals surface area (Å²) in [6, 6.07) is 7.53. The summed E-state index contributed by atoms with van der Waals surface area (Å²) in [4.78, 5) is 11.0. The number of ether oxygens (including phenoxy) is 3. The number of aromatic nitrogens is 2. The standard InChI is InChI=1S/C20H24N6O3/c1-27-17-5-3-2-4-15(17)12-23-25-19(21)16-13-22-14-18(24-16)26-8-6-20(7-9-26)28-10-11-29-20/h2-5,12-14H,6-11H2,1H3,(H2,21,25)/b23-12-. The average Bonchev–Trinajstić information content (AvgIpc) is 3.22. The molecule has 3 heterocycles. The van der Waals surface area contributed by atoms with Crippen LogP contribution >= 0.6 is 0 Å². The van der Waals surface area contributed by atoms with E-state index in [1.165, 1.54) is 0 Å². The van der Waals surface area contributed by atoms with Crippen LogP contribution in [0.4, 0.5) is 5.82 Å². The molecule has 29 heavy (non-hydrogen) atoms. The van der Waals surface area contributed by atoms with Gasteiger partial charge in [-0.1, -0.05) is 12.1 Å². The molecule has 2 saturated heterocycles. The third-order valence-corrected chi connectivity index (χ3v) is 5.05. The Morgan fingerprint density at radius 1 is 1.21 bits per heavy atom. The molecular formula is C20H24N6O3. The fourth-order valence-corrected chi connectivity index (χ4v) is 3.47. The van der Waals surface area contributed by atoms with Crippen LogP contribution in [-0.2, 0) is 9.47 Å². The van der Waals surface area contributed by atoms with Crippen molar-refractivity contribution >= 4 is 17.9 Å². The van der Waals surface area contributed by atoms with E-state index >= 15 is 0 Å². The van der Waals surface area contributed by atoms with Crippen molar-refractivity contribution in [2.24, 2.45) is 15.9 Å². The molecule has 0 unspecified atom stereocenters. The molecule has 0 amide bonds. The molecule has 2 N–H and O–H groups in total. The Hall–Kier alpha value is -3.04. The molecule has 4 rings (SSSR count). The van der Waals surface area contributed by atoms with Gasteiger partial charge >= 0.3 is 0 Å². The predicted molar refractivity (Wildman–Crippen MR) is 109 cm³/mol. The lowest BCUT2D eigenvalue weighted by molar-refractivity contribution is -0.169. The maximum Gasteiger partial charge on any atom is 0.173 e. The molecule has 1 spiro atoms. The highest BCUT2D eigenvalue weighted by Gasteiger charge is 2.40. The van der Waals surface area contributed by atoms with Crippen LogP contribution in [-0.4, -0.2) is 61.2 Å². The van der Waals surface area contributed by atoms with Gasteiger partial charge in [-0.2, -0.15) is 5.10 Å². The first-order valence-corrected chi connectivity index (χ1v) is 9.54. The minimum atomic E-state index is -0.421. The van der Waals surface area contributed by atoms with Crippen molar-refractivity contribution in [3.63, 3.8) is 0 Å². The van der Waals surface area contributed by atoms with Crippen LogP contribution in [0.3, 0.4) is 0 Å². The molecule has 0 atom stereocenters. The number of nitrogens with zero attached hydrogens (tertiary/aromatic N) is 5.